The second kappa shape index (κ2) is 22.2. The SMILES string of the molecule is CNC[C@H](CC1(CCCC(=O)CC(=O)/C=C/c2cc(OC)c(O)cc2CC2=CNC(N)C=C2CCc2cccc(CCc3ccccc3)c2)CCCC1)C1CCNCC1. The Morgan fingerprint density at radius 2 is 1.66 bits per heavy atom. The molecule has 2 heterocycles. The van der Waals surface area contributed by atoms with Crippen LogP contribution in [0.2, 0.25) is 0 Å². The van der Waals surface area contributed by atoms with Gasteiger partial charge in [-0.3, -0.25) is 9.59 Å². The number of allylic oxidation sites excluding steroid dienone is 3. The van der Waals surface area contributed by atoms with E-state index in [4.69, 9.17) is 10.5 Å². The van der Waals surface area contributed by atoms with Crippen LogP contribution < -0.4 is 26.4 Å². The Morgan fingerprint density at radius 3 is 2.39 bits per heavy atom. The molecule has 0 spiro atoms. The molecule has 1 unspecified atom stereocenters. The van der Waals surface area contributed by atoms with Gasteiger partial charge in [0.2, 0.25) is 0 Å². The van der Waals surface area contributed by atoms with Crippen molar-refractivity contribution in [2.75, 3.05) is 33.8 Å². The molecule has 1 aliphatic carbocycles. The third-order valence-electron chi connectivity index (χ3n) is 13.1. The maximum absolute atomic E-state index is 13.2. The lowest BCUT2D eigenvalue weighted by molar-refractivity contribution is -0.124. The van der Waals surface area contributed by atoms with Crippen molar-refractivity contribution in [3.05, 3.63) is 124 Å². The smallest absolute Gasteiger partial charge is 0.163 e. The van der Waals surface area contributed by atoms with Crippen molar-refractivity contribution in [3.63, 3.8) is 0 Å². The number of carbonyl (C=O) groups excluding carboxylic acids is 2. The summed E-state index contributed by atoms with van der Waals surface area (Å²) >= 11 is 0. The van der Waals surface area contributed by atoms with Gasteiger partial charge in [-0.1, -0.05) is 73.5 Å². The van der Waals surface area contributed by atoms with E-state index in [0.717, 1.165) is 86.4 Å². The first-order valence-corrected chi connectivity index (χ1v) is 22.2. The largest absolute Gasteiger partial charge is 0.504 e. The number of aryl methyl sites for hydroxylation is 3. The minimum Gasteiger partial charge on any atom is -0.504 e. The fourth-order valence-corrected chi connectivity index (χ4v) is 9.93. The van der Waals surface area contributed by atoms with Crippen LogP contribution in [0.25, 0.3) is 6.08 Å². The molecular weight excluding hydrogens is 733 g/mol. The number of phenolic OH excluding ortho intramolecular Hbond substituents is 1. The van der Waals surface area contributed by atoms with E-state index in [0.29, 0.717) is 29.9 Å². The first-order valence-electron chi connectivity index (χ1n) is 22.2. The molecule has 0 radical (unpaired) electrons. The van der Waals surface area contributed by atoms with E-state index in [-0.39, 0.29) is 29.9 Å². The Kier molecular flexibility index (Phi) is 16.6. The number of ketones is 2. The molecular formula is C51H68N4O4. The van der Waals surface area contributed by atoms with Gasteiger partial charge in [-0.15, -0.1) is 0 Å². The molecule has 0 amide bonds. The summed E-state index contributed by atoms with van der Waals surface area (Å²) in [6.45, 7) is 3.30. The number of phenols is 1. The summed E-state index contributed by atoms with van der Waals surface area (Å²) in [7, 11) is 3.59. The van der Waals surface area contributed by atoms with E-state index in [1.807, 2.05) is 6.20 Å². The molecule has 8 nitrogen and oxygen atoms in total. The standard InChI is InChI=1S/C51H68N4O4/c1-53-35-45(40-21-26-54-27-22-40)34-51(23-6-7-24-51)25-9-14-46(56)33-47(57)20-19-41-31-49(59-2)48(58)30-43(41)29-44-36-55-50(52)32-42(44)18-17-39-13-8-12-38(28-39)16-15-37-10-4-3-5-11-37/h3-5,8,10-13,19-20,28,30-32,36,40,45,50,53-55,58H,6-7,9,14-18,21-27,29,33-35,52H2,1-2H3/b20-19+/t45-,50?/m0/s1. The van der Waals surface area contributed by atoms with Crippen LogP contribution in [0.4, 0.5) is 0 Å². The van der Waals surface area contributed by atoms with E-state index >= 15 is 0 Å². The first-order chi connectivity index (χ1) is 28.7. The van der Waals surface area contributed by atoms with Crippen molar-refractivity contribution in [2.45, 2.75) is 109 Å². The molecule has 0 bridgehead atoms. The van der Waals surface area contributed by atoms with E-state index in [2.05, 4.69) is 83.7 Å². The summed E-state index contributed by atoms with van der Waals surface area (Å²) in [6, 6.07) is 22.9. The number of hydrogen-bond acceptors (Lipinski definition) is 8. The molecule has 8 heteroatoms. The Bertz CT molecular complexity index is 1920. The molecule has 3 aliphatic rings. The maximum atomic E-state index is 13.2. The number of benzene rings is 3. The highest BCUT2D eigenvalue weighted by Crippen LogP contribution is 2.48. The average molecular weight is 801 g/mol. The number of dihydropyridines is 1. The molecule has 6 rings (SSSR count). The molecule has 59 heavy (non-hydrogen) atoms. The maximum Gasteiger partial charge on any atom is 0.163 e. The lowest BCUT2D eigenvalue weighted by atomic mass is 9.69. The van der Waals surface area contributed by atoms with Gasteiger partial charge in [0.1, 0.15) is 5.78 Å². The summed E-state index contributed by atoms with van der Waals surface area (Å²) in [5, 5.41) is 21.1. The van der Waals surface area contributed by atoms with Crippen molar-refractivity contribution < 1.29 is 19.4 Å². The fraction of sp³-hybridized carbons (Fsp3) is 0.490. The third-order valence-corrected chi connectivity index (χ3v) is 13.1. The van der Waals surface area contributed by atoms with Crippen LogP contribution in [0.15, 0.2) is 96.2 Å². The van der Waals surface area contributed by atoms with Gasteiger partial charge in [-0.05, 0) is 184 Å². The molecule has 2 fully saturated rings. The number of rotatable bonds is 22. The normalized spacial score (nSPS) is 18.6. The molecule has 2 aliphatic heterocycles. The van der Waals surface area contributed by atoms with Crippen LogP contribution in [0.1, 0.15) is 105 Å². The van der Waals surface area contributed by atoms with Crippen LogP contribution >= 0.6 is 0 Å². The van der Waals surface area contributed by atoms with Gasteiger partial charge in [-0.2, -0.15) is 0 Å². The zero-order valence-corrected chi connectivity index (χ0v) is 35.6. The number of methoxy groups -OCH3 is 1. The van der Waals surface area contributed by atoms with Crippen molar-refractivity contribution in [1.29, 1.82) is 0 Å². The molecule has 2 atom stereocenters. The van der Waals surface area contributed by atoms with Gasteiger partial charge in [0.05, 0.1) is 19.7 Å². The predicted molar refractivity (Wildman–Crippen MR) is 240 cm³/mol. The van der Waals surface area contributed by atoms with Gasteiger partial charge >= 0.3 is 0 Å². The van der Waals surface area contributed by atoms with Crippen molar-refractivity contribution in [1.82, 2.24) is 16.0 Å². The monoisotopic (exact) mass is 801 g/mol. The second-order valence-electron chi connectivity index (χ2n) is 17.4. The van der Waals surface area contributed by atoms with E-state index in [1.165, 1.54) is 74.8 Å². The topological polar surface area (TPSA) is 126 Å². The Hall–Kier alpha value is -4.50. The zero-order valence-electron chi connectivity index (χ0n) is 35.6. The molecule has 1 saturated carbocycles. The van der Waals surface area contributed by atoms with E-state index < -0.39 is 0 Å². The molecule has 3 aromatic carbocycles. The van der Waals surface area contributed by atoms with Gasteiger partial charge in [0.15, 0.2) is 17.3 Å². The number of nitrogens with two attached hydrogens (primary N) is 1. The lowest BCUT2D eigenvalue weighted by Crippen LogP contribution is -2.37. The highest BCUT2D eigenvalue weighted by Gasteiger charge is 2.38. The van der Waals surface area contributed by atoms with Crippen molar-refractivity contribution in [2.24, 2.45) is 23.0 Å². The fourth-order valence-electron chi connectivity index (χ4n) is 9.93. The third kappa shape index (κ3) is 13.2. The van der Waals surface area contributed by atoms with Gasteiger partial charge in [0, 0.05) is 12.6 Å². The van der Waals surface area contributed by atoms with Crippen LogP contribution in [0.3, 0.4) is 0 Å². The number of aromatic hydroxyl groups is 1. The summed E-state index contributed by atoms with van der Waals surface area (Å²) in [5.74, 6) is 1.60. The summed E-state index contributed by atoms with van der Waals surface area (Å²) in [4.78, 5) is 26.4. The lowest BCUT2D eigenvalue weighted by Gasteiger charge is -2.38. The Balaban J connectivity index is 1.05. The van der Waals surface area contributed by atoms with Gasteiger partial charge in [-0.25, -0.2) is 0 Å². The quantitative estimate of drug-likeness (QED) is 0.0506. The van der Waals surface area contributed by atoms with Crippen LogP contribution in [-0.2, 0) is 35.3 Å². The number of hydrogen-bond donors (Lipinski definition) is 5. The number of Topliss-reactive ketones (excluding diaryl/α,β-unsaturated/α-hetero) is 1. The Labute approximate surface area is 353 Å². The highest BCUT2D eigenvalue weighted by molar-refractivity contribution is 6.06. The molecule has 3 aromatic rings. The summed E-state index contributed by atoms with van der Waals surface area (Å²) < 4.78 is 5.46. The molecule has 1 saturated heterocycles. The second-order valence-corrected chi connectivity index (χ2v) is 17.4. The van der Waals surface area contributed by atoms with E-state index in [9.17, 15) is 14.7 Å². The minimum atomic E-state index is -0.289. The van der Waals surface area contributed by atoms with Crippen LogP contribution in [0, 0.1) is 17.3 Å². The number of piperidine rings is 1. The molecule has 0 aromatic heterocycles. The highest BCUT2D eigenvalue weighted by atomic mass is 16.5. The zero-order chi connectivity index (χ0) is 41.5. The first kappa shape index (κ1) is 44.1. The summed E-state index contributed by atoms with van der Waals surface area (Å²) in [5.41, 5.74) is 14.4. The number of ether oxygens (including phenoxy) is 1. The van der Waals surface area contributed by atoms with E-state index in [1.54, 1.807) is 18.2 Å². The van der Waals surface area contributed by atoms with Crippen molar-refractivity contribution in [3.8, 4) is 11.5 Å². The van der Waals surface area contributed by atoms with Gasteiger partial charge in [0.25, 0.3) is 0 Å². The number of nitrogens with one attached hydrogen (secondary N) is 3. The number of carbonyl (C=O) groups is 2. The van der Waals surface area contributed by atoms with Gasteiger partial charge < -0.3 is 31.5 Å². The molecule has 316 valence electrons. The van der Waals surface area contributed by atoms with Crippen molar-refractivity contribution >= 4 is 17.6 Å². The molecule has 6 N–H and O–H groups in total. The predicted octanol–water partition coefficient (Wildman–Crippen LogP) is 8.56. The summed E-state index contributed by atoms with van der Waals surface area (Å²) in [6.07, 6.45) is 22.3. The van der Waals surface area contributed by atoms with Crippen LogP contribution in [-0.4, -0.2) is 56.6 Å². The minimum absolute atomic E-state index is 0.00715. The Morgan fingerprint density at radius 1 is 0.949 bits per heavy atom. The average Bonchev–Trinajstić information content (AvgIpc) is 3.71. The van der Waals surface area contributed by atoms with Crippen LogP contribution in [0.5, 0.6) is 11.5 Å².